The Morgan fingerprint density at radius 2 is 2.25 bits per heavy atom. The molecule has 0 saturated carbocycles. The van der Waals surface area contributed by atoms with E-state index in [0.717, 1.165) is 6.42 Å². The second-order valence-corrected chi connectivity index (χ2v) is 5.41. The number of halogens is 1. The maximum Gasteiger partial charge on any atom is 0.295 e. The lowest BCUT2D eigenvalue weighted by Gasteiger charge is -2.32. The Morgan fingerprint density at radius 1 is 1.50 bits per heavy atom. The maximum absolute atomic E-state index is 13.8. The molecule has 1 saturated heterocycles. The van der Waals surface area contributed by atoms with Crippen molar-refractivity contribution >= 4 is 11.4 Å². The Balaban J connectivity index is 2.15. The van der Waals surface area contributed by atoms with E-state index in [4.69, 9.17) is 4.74 Å². The lowest BCUT2D eigenvalue weighted by Crippen LogP contribution is -2.36. The Morgan fingerprint density at radius 3 is 2.90 bits per heavy atom. The van der Waals surface area contributed by atoms with E-state index in [9.17, 15) is 14.5 Å². The first kappa shape index (κ1) is 14.7. The molecule has 1 fully saturated rings. The van der Waals surface area contributed by atoms with Gasteiger partial charge in [-0.3, -0.25) is 10.1 Å². The number of nitrogens with one attached hydrogen (secondary N) is 1. The van der Waals surface area contributed by atoms with Gasteiger partial charge in [0.05, 0.1) is 11.0 Å². The molecule has 1 aromatic rings. The van der Waals surface area contributed by atoms with E-state index < -0.39 is 10.7 Å². The molecule has 1 N–H and O–H groups in total. The fourth-order valence-electron chi connectivity index (χ4n) is 2.44. The topological polar surface area (TPSA) is 64.4 Å². The molecule has 1 aromatic carbocycles. The molecule has 110 valence electrons. The van der Waals surface area contributed by atoms with Crippen LogP contribution in [0, 0.1) is 21.8 Å². The van der Waals surface area contributed by atoms with Gasteiger partial charge in [0.2, 0.25) is 0 Å². The van der Waals surface area contributed by atoms with Crippen molar-refractivity contribution in [3.63, 3.8) is 0 Å². The van der Waals surface area contributed by atoms with Crippen molar-refractivity contribution in [1.82, 2.24) is 0 Å². The summed E-state index contributed by atoms with van der Waals surface area (Å²) in [5.74, 6) is -0.220. The molecule has 0 radical (unpaired) electrons. The molecule has 1 aliphatic rings. The molecule has 0 bridgehead atoms. The van der Waals surface area contributed by atoms with Crippen molar-refractivity contribution in [3.8, 4) is 0 Å². The lowest BCUT2D eigenvalue weighted by atomic mass is 9.95. The largest absolute Gasteiger partial charge is 0.378 e. The molecule has 5 nitrogen and oxygen atoms in total. The van der Waals surface area contributed by atoms with Crippen molar-refractivity contribution in [1.29, 1.82) is 0 Å². The molecule has 0 amide bonds. The van der Waals surface area contributed by atoms with Gasteiger partial charge >= 0.3 is 0 Å². The predicted octanol–water partition coefficient (Wildman–Crippen LogP) is 3.35. The minimum absolute atomic E-state index is 0.00764. The minimum atomic E-state index is -0.591. The van der Waals surface area contributed by atoms with Crippen LogP contribution in [0.1, 0.15) is 26.7 Å². The summed E-state index contributed by atoms with van der Waals surface area (Å²) in [6.45, 7) is 4.72. The van der Waals surface area contributed by atoms with E-state index in [2.05, 4.69) is 19.2 Å². The van der Waals surface area contributed by atoms with E-state index >= 15 is 0 Å². The zero-order valence-corrected chi connectivity index (χ0v) is 11.6. The summed E-state index contributed by atoms with van der Waals surface area (Å²) in [5, 5.41) is 13.9. The molecule has 2 rings (SSSR count). The summed E-state index contributed by atoms with van der Waals surface area (Å²) in [4.78, 5) is 10.4. The van der Waals surface area contributed by atoms with Crippen LogP contribution in [0.15, 0.2) is 18.2 Å². The van der Waals surface area contributed by atoms with E-state index in [0.29, 0.717) is 18.9 Å². The number of nitro benzene ring substituents is 1. The Labute approximate surface area is 117 Å². The van der Waals surface area contributed by atoms with Crippen LogP contribution in [0.4, 0.5) is 15.8 Å². The van der Waals surface area contributed by atoms with Gasteiger partial charge in [0.25, 0.3) is 5.69 Å². The number of benzene rings is 1. The Kier molecular flexibility index (Phi) is 4.54. The molecule has 20 heavy (non-hydrogen) atoms. The average molecular weight is 282 g/mol. The summed E-state index contributed by atoms with van der Waals surface area (Å²) in [6.07, 6.45) is 1.55. The van der Waals surface area contributed by atoms with Gasteiger partial charge in [0, 0.05) is 18.7 Å². The monoisotopic (exact) mass is 282 g/mol. The first-order chi connectivity index (χ1) is 9.49. The van der Waals surface area contributed by atoms with Crippen molar-refractivity contribution in [3.05, 3.63) is 34.1 Å². The smallest absolute Gasteiger partial charge is 0.295 e. The molecule has 1 aliphatic heterocycles. The number of rotatable bonds is 4. The molecule has 1 heterocycles. The highest BCUT2D eigenvalue weighted by Crippen LogP contribution is 2.30. The summed E-state index contributed by atoms with van der Waals surface area (Å²) in [5.41, 5.74) is -0.246. The van der Waals surface area contributed by atoms with E-state index in [-0.39, 0.29) is 23.5 Å². The fraction of sp³-hybridized carbons (Fsp3) is 0.571. The quantitative estimate of drug-likeness (QED) is 0.679. The van der Waals surface area contributed by atoms with Crippen LogP contribution < -0.4 is 5.32 Å². The predicted molar refractivity (Wildman–Crippen MR) is 74.3 cm³/mol. The molecular weight excluding hydrogens is 263 g/mol. The minimum Gasteiger partial charge on any atom is -0.378 e. The van der Waals surface area contributed by atoms with Crippen LogP contribution in [0.3, 0.4) is 0 Å². The Hall–Kier alpha value is -1.69. The summed E-state index contributed by atoms with van der Waals surface area (Å²) >= 11 is 0. The number of anilines is 1. The molecule has 6 heteroatoms. The van der Waals surface area contributed by atoms with E-state index in [1.165, 1.54) is 18.2 Å². The van der Waals surface area contributed by atoms with E-state index in [1.807, 2.05) is 0 Å². The molecule has 0 aromatic heterocycles. The molecule has 0 aliphatic carbocycles. The summed E-state index contributed by atoms with van der Waals surface area (Å²) < 4.78 is 19.5. The molecule has 2 unspecified atom stereocenters. The number of hydrogen-bond acceptors (Lipinski definition) is 4. The second-order valence-electron chi connectivity index (χ2n) is 5.41. The number of hydrogen-bond donors (Lipinski definition) is 1. The standard InChI is InChI=1S/C14H19FN2O3/c1-9(2)13-8-10(6-7-20-13)16-14-11(15)4-3-5-12(14)17(18)19/h3-5,9-10,13,16H,6-8H2,1-2H3. The Bertz CT molecular complexity index is 493. The summed E-state index contributed by atoms with van der Waals surface area (Å²) in [7, 11) is 0. The van der Waals surface area contributed by atoms with Crippen LogP contribution in [0.5, 0.6) is 0 Å². The number of nitrogens with zero attached hydrogens (tertiary/aromatic N) is 1. The zero-order valence-electron chi connectivity index (χ0n) is 11.6. The number of para-hydroxylation sites is 1. The van der Waals surface area contributed by atoms with Gasteiger partial charge in [-0.1, -0.05) is 19.9 Å². The second kappa shape index (κ2) is 6.17. The fourth-order valence-corrected chi connectivity index (χ4v) is 2.44. The van der Waals surface area contributed by atoms with Crippen LogP contribution in [0.2, 0.25) is 0 Å². The maximum atomic E-state index is 13.8. The highest BCUT2D eigenvalue weighted by atomic mass is 19.1. The van der Waals surface area contributed by atoms with Gasteiger partial charge in [0.15, 0.2) is 5.82 Å². The highest BCUT2D eigenvalue weighted by molar-refractivity contribution is 5.62. The van der Waals surface area contributed by atoms with Gasteiger partial charge in [0.1, 0.15) is 5.69 Å². The number of nitro groups is 1. The third-order valence-electron chi connectivity index (χ3n) is 3.60. The van der Waals surface area contributed by atoms with Crippen molar-refractivity contribution in [2.75, 3.05) is 11.9 Å². The van der Waals surface area contributed by atoms with Gasteiger partial charge in [-0.25, -0.2) is 4.39 Å². The molecule has 2 atom stereocenters. The van der Waals surface area contributed by atoms with Gasteiger partial charge in [-0.2, -0.15) is 0 Å². The first-order valence-electron chi connectivity index (χ1n) is 6.80. The van der Waals surface area contributed by atoms with Crippen LogP contribution in [0.25, 0.3) is 0 Å². The number of ether oxygens (including phenoxy) is 1. The SMILES string of the molecule is CC(C)C1CC(Nc2c(F)cccc2[N+](=O)[O-])CCO1. The van der Waals surface area contributed by atoms with Crippen LogP contribution >= 0.6 is 0 Å². The van der Waals surface area contributed by atoms with Crippen LogP contribution in [-0.4, -0.2) is 23.7 Å². The zero-order chi connectivity index (χ0) is 14.7. The third kappa shape index (κ3) is 3.25. The summed E-state index contributed by atoms with van der Waals surface area (Å²) in [6, 6.07) is 3.88. The third-order valence-corrected chi connectivity index (χ3v) is 3.60. The first-order valence-corrected chi connectivity index (χ1v) is 6.80. The van der Waals surface area contributed by atoms with Gasteiger partial charge in [-0.15, -0.1) is 0 Å². The van der Waals surface area contributed by atoms with Crippen LogP contribution in [-0.2, 0) is 4.74 Å². The normalized spacial score (nSPS) is 22.8. The average Bonchev–Trinajstić information content (AvgIpc) is 2.41. The van der Waals surface area contributed by atoms with Gasteiger partial charge < -0.3 is 10.1 Å². The van der Waals surface area contributed by atoms with Crippen molar-refractivity contribution in [2.24, 2.45) is 5.92 Å². The lowest BCUT2D eigenvalue weighted by molar-refractivity contribution is -0.384. The van der Waals surface area contributed by atoms with Gasteiger partial charge in [-0.05, 0) is 24.8 Å². The van der Waals surface area contributed by atoms with E-state index in [1.54, 1.807) is 0 Å². The van der Waals surface area contributed by atoms with Crippen molar-refractivity contribution in [2.45, 2.75) is 38.8 Å². The van der Waals surface area contributed by atoms with Crippen molar-refractivity contribution < 1.29 is 14.1 Å². The molecule has 0 spiro atoms. The highest BCUT2D eigenvalue weighted by Gasteiger charge is 2.27. The molecular formula is C14H19FN2O3.